The zero-order valence-corrected chi connectivity index (χ0v) is 38.7. The number of para-hydroxylation sites is 2. The SMILES string of the molecule is CC(C)c1cccc(C(C)C)c1N1[Si](C#CC(C)(C)C)(C#CC(C)(C)C)N(c2c(C(C)C)cccc2C(C)C)[Si]1(C#CC(C)(C)C)C#CC(C)(C)C. The molecule has 0 aromatic heterocycles. The van der Waals surface area contributed by atoms with E-state index in [9.17, 15) is 0 Å². The molecule has 1 aliphatic rings. The lowest BCUT2D eigenvalue weighted by molar-refractivity contribution is 0.570. The van der Waals surface area contributed by atoms with Crippen molar-refractivity contribution >= 4 is 28.2 Å². The van der Waals surface area contributed by atoms with Gasteiger partial charge in [-0.2, -0.15) is 0 Å². The van der Waals surface area contributed by atoms with E-state index in [4.69, 9.17) is 0 Å². The summed E-state index contributed by atoms with van der Waals surface area (Å²) in [7, 11) is -6.68. The van der Waals surface area contributed by atoms with Gasteiger partial charge in [0.1, 0.15) is 0 Å². The van der Waals surface area contributed by atoms with Gasteiger partial charge in [0.15, 0.2) is 0 Å². The van der Waals surface area contributed by atoms with Gasteiger partial charge in [0, 0.05) is 33.0 Å². The second-order valence-electron chi connectivity index (χ2n) is 20.2. The maximum atomic E-state index is 4.12. The first-order valence-corrected chi connectivity index (χ1v) is 23.4. The molecule has 0 saturated carbocycles. The van der Waals surface area contributed by atoms with E-state index >= 15 is 0 Å². The molecule has 52 heavy (non-hydrogen) atoms. The molecule has 0 radical (unpaired) electrons. The second-order valence-corrected chi connectivity index (χ2v) is 26.6. The third kappa shape index (κ3) is 9.62. The minimum atomic E-state index is -3.34. The first kappa shape index (κ1) is 43.1. The van der Waals surface area contributed by atoms with Crippen molar-refractivity contribution in [2.45, 2.75) is 162 Å². The Morgan fingerprint density at radius 2 is 0.577 bits per heavy atom. The summed E-state index contributed by atoms with van der Waals surface area (Å²) in [6.45, 7) is 45.2. The third-order valence-electron chi connectivity index (χ3n) is 8.87. The van der Waals surface area contributed by atoms with Crippen LogP contribution in [0.15, 0.2) is 36.4 Å². The Morgan fingerprint density at radius 3 is 0.731 bits per heavy atom. The first-order chi connectivity index (χ1) is 23.6. The van der Waals surface area contributed by atoms with Gasteiger partial charge < -0.3 is 8.46 Å². The number of benzene rings is 2. The number of anilines is 2. The van der Waals surface area contributed by atoms with Crippen LogP contribution in [0.2, 0.25) is 0 Å². The van der Waals surface area contributed by atoms with Crippen molar-refractivity contribution in [2.24, 2.45) is 21.7 Å². The zero-order chi connectivity index (χ0) is 39.8. The Labute approximate surface area is 323 Å². The summed E-state index contributed by atoms with van der Waals surface area (Å²) in [6.07, 6.45) is 0. The fourth-order valence-corrected chi connectivity index (χ4v) is 18.0. The van der Waals surface area contributed by atoms with Gasteiger partial charge in [-0.3, -0.25) is 0 Å². The molecular formula is C48H70N2Si2. The lowest BCUT2D eigenvalue weighted by atomic mass is 9.93. The fraction of sp³-hybridized carbons (Fsp3) is 0.583. The van der Waals surface area contributed by atoms with Crippen LogP contribution >= 0.6 is 0 Å². The Balaban J connectivity index is 2.98. The molecule has 0 spiro atoms. The number of nitrogens with zero attached hydrogens (tertiary/aromatic N) is 2. The van der Waals surface area contributed by atoms with E-state index < -0.39 is 16.8 Å². The lowest BCUT2D eigenvalue weighted by Gasteiger charge is -2.65. The van der Waals surface area contributed by atoms with E-state index in [1.165, 1.54) is 33.6 Å². The van der Waals surface area contributed by atoms with Gasteiger partial charge in [-0.05, 0) is 129 Å². The molecule has 0 atom stereocenters. The highest BCUT2D eigenvalue weighted by molar-refractivity contribution is 7.32. The van der Waals surface area contributed by atoms with Gasteiger partial charge in [0.2, 0.25) is 0 Å². The molecule has 2 nitrogen and oxygen atoms in total. The van der Waals surface area contributed by atoms with Crippen LogP contribution in [-0.2, 0) is 0 Å². The maximum absolute atomic E-state index is 4.12. The number of hydrogen-bond donors (Lipinski definition) is 0. The second kappa shape index (κ2) is 15.2. The fourth-order valence-electron chi connectivity index (χ4n) is 6.42. The molecule has 2 aromatic carbocycles. The molecule has 0 unspecified atom stereocenters. The van der Waals surface area contributed by atoms with E-state index in [-0.39, 0.29) is 45.3 Å². The van der Waals surface area contributed by atoms with Crippen LogP contribution in [0, 0.1) is 67.5 Å². The van der Waals surface area contributed by atoms with Crippen LogP contribution in [0.3, 0.4) is 0 Å². The van der Waals surface area contributed by atoms with Crippen LogP contribution in [0.25, 0.3) is 0 Å². The minimum Gasteiger partial charge on any atom is -0.353 e. The highest BCUT2D eigenvalue weighted by atomic mass is 28.5. The Hall–Kier alpha value is -3.29. The van der Waals surface area contributed by atoms with Crippen LogP contribution in [0.4, 0.5) is 11.4 Å². The van der Waals surface area contributed by atoms with Crippen molar-refractivity contribution in [2.75, 3.05) is 8.46 Å². The van der Waals surface area contributed by atoms with Crippen molar-refractivity contribution < 1.29 is 0 Å². The molecule has 4 heteroatoms. The van der Waals surface area contributed by atoms with E-state index in [2.05, 4.69) is 229 Å². The maximum Gasteiger partial charge on any atom is 0.420 e. The number of rotatable bonds is 6. The molecule has 0 aliphatic carbocycles. The van der Waals surface area contributed by atoms with Crippen LogP contribution in [0.5, 0.6) is 0 Å². The predicted molar refractivity (Wildman–Crippen MR) is 235 cm³/mol. The van der Waals surface area contributed by atoms with Crippen LogP contribution in [0.1, 0.15) is 184 Å². The summed E-state index contributed by atoms with van der Waals surface area (Å²) in [5.74, 6) is 16.5. The quantitative estimate of drug-likeness (QED) is 0.216. The molecule has 3 rings (SSSR count). The molecule has 2 aromatic rings. The van der Waals surface area contributed by atoms with E-state index in [0.717, 1.165) is 0 Å². The Morgan fingerprint density at radius 1 is 0.385 bits per heavy atom. The molecule has 1 heterocycles. The highest BCUT2D eigenvalue weighted by Crippen LogP contribution is 2.53. The molecule has 1 saturated heterocycles. The van der Waals surface area contributed by atoms with Crippen molar-refractivity contribution in [3.63, 3.8) is 0 Å². The van der Waals surface area contributed by atoms with Gasteiger partial charge in [-0.15, -0.1) is 0 Å². The van der Waals surface area contributed by atoms with Gasteiger partial charge in [-0.25, -0.2) is 0 Å². The summed E-state index contributed by atoms with van der Waals surface area (Å²) >= 11 is 0. The van der Waals surface area contributed by atoms with Crippen molar-refractivity contribution in [1.82, 2.24) is 0 Å². The Bertz CT molecular complexity index is 1600. The Kier molecular flexibility index (Phi) is 12.6. The van der Waals surface area contributed by atoms with E-state index in [0.29, 0.717) is 0 Å². The third-order valence-corrected chi connectivity index (χ3v) is 18.1. The summed E-state index contributed by atoms with van der Waals surface area (Å²) in [6, 6.07) is 13.8. The van der Waals surface area contributed by atoms with E-state index in [1.54, 1.807) is 0 Å². The normalized spacial score (nSPS) is 15.6. The van der Waals surface area contributed by atoms with Crippen molar-refractivity contribution in [3.8, 4) is 45.9 Å². The smallest absolute Gasteiger partial charge is 0.353 e. The summed E-state index contributed by atoms with van der Waals surface area (Å²) < 4.78 is 5.50. The average Bonchev–Trinajstić information content (AvgIpc) is 2.97. The highest BCUT2D eigenvalue weighted by Gasteiger charge is 2.74. The molecule has 1 fully saturated rings. The topological polar surface area (TPSA) is 6.48 Å². The molecule has 280 valence electrons. The van der Waals surface area contributed by atoms with E-state index in [1.807, 2.05) is 0 Å². The lowest BCUT2D eigenvalue weighted by Crippen LogP contribution is -2.95. The molecule has 0 amide bonds. The predicted octanol–water partition coefficient (Wildman–Crippen LogP) is 12.7. The molecule has 0 bridgehead atoms. The molecular weight excluding hydrogens is 661 g/mol. The molecule has 1 aliphatic heterocycles. The number of hydrogen-bond acceptors (Lipinski definition) is 2. The van der Waals surface area contributed by atoms with Gasteiger partial charge in [0.25, 0.3) is 0 Å². The van der Waals surface area contributed by atoms with Crippen LogP contribution < -0.4 is 8.46 Å². The first-order valence-electron chi connectivity index (χ1n) is 19.6. The summed E-state index contributed by atoms with van der Waals surface area (Å²) in [4.78, 5) is 0. The zero-order valence-electron chi connectivity index (χ0n) is 36.7. The monoisotopic (exact) mass is 731 g/mol. The van der Waals surface area contributed by atoms with Crippen molar-refractivity contribution in [1.29, 1.82) is 0 Å². The molecule has 0 N–H and O–H groups in total. The minimum absolute atomic E-state index is 0.231. The standard InChI is InChI=1S/C48H70N2Si2/c1-35(2)39-23-21-24-40(36(3)4)43(39)49-51(31-27-45(9,10)11,32-28-46(12,13)14)50(44-41(37(5)6)25-22-26-42(44)38(7)8)52(49,33-29-47(15,16)17)34-30-48(18,19)20/h21-26,35-38H,1-20H3. The van der Waals surface area contributed by atoms with Gasteiger partial charge in [-0.1, -0.05) is 138 Å². The summed E-state index contributed by atoms with van der Waals surface area (Å²) in [5, 5.41) is 0. The van der Waals surface area contributed by atoms with Gasteiger partial charge in [0.05, 0.1) is 0 Å². The van der Waals surface area contributed by atoms with Gasteiger partial charge >= 0.3 is 16.8 Å². The largest absolute Gasteiger partial charge is 0.420 e. The van der Waals surface area contributed by atoms with Crippen molar-refractivity contribution in [3.05, 3.63) is 58.7 Å². The van der Waals surface area contributed by atoms with Crippen LogP contribution in [-0.4, -0.2) is 16.8 Å². The average molecular weight is 731 g/mol. The summed E-state index contributed by atoms with van der Waals surface area (Å²) in [5.41, 5.74) is 23.4.